The zero-order valence-corrected chi connectivity index (χ0v) is 19.0. The fraction of sp³-hybridized carbons (Fsp3) is 0.682. The molecule has 168 valence electrons. The zero-order valence-electron chi connectivity index (χ0n) is 18.2. The van der Waals surface area contributed by atoms with E-state index in [2.05, 4.69) is 34.9 Å². The van der Waals surface area contributed by atoms with Crippen molar-refractivity contribution in [1.82, 2.24) is 14.5 Å². The van der Waals surface area contributed by atoms with Gasteiger partial charge in [0.05, 0.1) is 12.8 Å². The summed E-state index contributed by atoms with van der Waals surface area (Å²) >= 11 is 0. The van der Waals surface area contributed by atoms with Crippen LogP contribution < -0.4 is 9.46 Å². The van der Waals surface area contributed by atoms with Crippen molar-refractivity contribution in [1.29, 1.82) is 0 Å². The number of amides is 1. The molecule has 30 heavy (non-hydrogen) atoms. The van der Waals surface area contributed by atoms with E-state index in [0.717, 1.165) is 63.6 Å². The van der Waals surface area contributed by atoms with E-state index in [1.807, 2.05) is 6.07 Å². The van der Waals surface area contributed by atoms with Gasteiger partial charge < -0.3 is 14.5 Å². The first kappa shape index (κ1) is 23.0. The fourth-order valence-electron chi connectivity index (χ4n) is 4.65. The molecule has 2 heterocycles. The number of piperidine rings is 1. The Labute approximate surface area is 180 Å². The number of nitrogens with zero attached hydrogens (tertiary/aromatic N) is 2. The predicted molar refractivity (Wildman–Crippen MR) is 118 cm³/mol. The van der Waals surface area contributed by atoms with Crippen molar-refractivity contribution in [3.63, 3.8) is 0 Å². The maximum atomic E-state index is 12.4. The molecule has 1 amide bonds. The number of nitrogens with one attached hydrogen (secondary N) is 1. The number of likely N-dealkylation sites (N-methyl/N-ethyl adjacent to an activating group) is 1. The van der Waals surface area contributed by atoms with Gasteiger partial charge in [-0.05, 0) is 56.2 Å². The van der Waals surface area contributed by atoms with E-state index >= 15 is 0 Å². The lowest BCUT2D eigenvalue weighted by molar-refractivity contribution is -0.132. The normalized spacial score (nSPS) is 21.2. The summed E-state index contributed by atoms with van der Waals surface area (Å²) in [4.78, 5) is 16.5. The molecule has 7 nitrogen and oxygen atoms in total. The van der Waals surface area contributed by atoms with Gasteiger partial charge in [-0.2, -0.15) is 0 Å². The molecule has 1 spiro atoms. The van der Waals surface area contributed by atoms with Crippen molar-refractivity contribution >= 4 is 15.9 Å². The number of rotatable bonds is 3. The molecule has 1 N–H and O–H groups in total. The Balaban J connectivity index is 1.59. The molecule has 3 rings (SSSR count). The third kappa shape index (κ3) is 6.68. The summed E-state index contributed by atoms with van der Waals surface area (Å²) in [5.41, 5.74) is 1.49. The molecule has 2 aliphatic heterocycles. The Morgan fingerprint density at radius 2 is 1.87 bits per heavy atom. The van der Waals surface area contributed by atoms with E-state index in [-0.39, 0.29) is 17.9 Å². The van der Waals surface area contributed by atoms with E-state index in [0.29, 0.717) is 19.7 Å². The minimum Gasteiger partial charge on any atom is -0.492 e. The van der Waals surface area contributed by atoms with Gasteiger partial charge in [0.25, 0.3) is 0 Å². The fourth-order valence-corrected chi connectivity index (χ4v) is 5.04. The number of aryl methyl sites for hydroxylation is 1. The number of para-hydroxylation sites is 1. The summed E-state index contributed by atoms with van der Waals surface area (Å²) in [6.07, 6.45) is 7.47. The largest absolute Gasteiger partial charge is 0.492 e. The number of carbonyl (C=O) groups excluding carboxylic acids is 1. The second-order valence-corrected chi connectivity index (χ2v) is 10.7. The summed E-state index contributed by atoms with van der Waals surface area (Å²) < 4.78 is 30.9. The molecular weight excluding hydrogens is 402 g/mol. The lowest BCUT2D eigenvalue weighted by Gasteiger charge is -2.44. The highest BCUT2D eigenvalue weighted by atomic mass is 32.2. The van der Waals surface area contributed by atoms with E-state index in [1.165, 1.54) is 5.56 Å². The first-order chi connectivity index (χ1) is 14.3. The smallest absolute Gasteiger partial charge is 0.237 e. The molecule has 2 aliphatic rings. The van der Waals surface area contributed by atoms with Crippen LogP contribution >= 0.6 is 0 Å². The predicted octanol–water partition coefficient (Wildman–Crippen LogP) is 1.88. The van der Waals surface area contributed by atoms with Crippen LogP contribution in [0.1, 0.15) is 37.7 Å². The molecule has 1 fully saturated rings. The molecule has 0 bridgehead atoms. The molecular formula is C22H35N3O4S. The van der Waals surface area contributed by atoms with Gasteiger partial charge >= 0.3 is 0 Å². The van der Waals surface area contributed by atoms with E-state index in [1.54, 1.807) is 4.90 Å². The second-order valence-electron chi connectivity index (χ2n) is 8.88. The number of ether oxygens (including phenoxy) is 1. The van der Waals surface area contributed by atoms with Gasteiger partial charge in [-0.1, -0.05) is 24.6 Å². The van der Waals surface area contributed by atoms with Gasteiger partial charge in [-0.25, -0.2) is 13.1 Å². The van der Waals surface area contributed by atoms with E-state index in [4.69, 9.17) is 4.74 Å². The Morgan fingerprint density at radius 3 is 2.60 bits per heavy atom. The van der Waals surface area contributed by atoms with Gasteiger partial charge in [0.2, 0.25) is 15.9 Å². The van der Waals surface area contributed by atoms with Crippen molar-refractivity contribution in [2.24, 2.45) is 5.41 Å². The van der Waals surface area contributed by atoms with Gasteiger partial charge in [0, 0.05) is 26.2 Å². The summed E-state index contributed by atoms with van der Waals surface area (Å²) in [6, 6.07) is 8.33. The Bertz CT molecular complexity index is 819. The van der Waals surface area contributed by atoms with Crippen molar-refractivity contribution in [2.45, 2.75) is 38.5 Å². The average Bonchev–Trinajstić information content (AvgIpc) is 2.69. The lowest BCUT2D eigenvalue weighted by atomic mass is 9.73. The third-order valence-corrected chi connectivity index (χ3v) is 7.04. The number of fused-ring (bicyclic) bond motifs is 1. The standard InChI is InChI=1S/C22H35N3O4S/c1-24-15-16-29-20-9-4-3-7-19(20)8-5-6-10-22(18-24)11-13-25(14-12-22)21(26)17-23-30(2,27)28/h3-4,7,9,23H,5-6,8,10-18H2,1-2H3. The monoisotopic (exact) mass is 437 g/mol. The van der Waals surface area contributed by atoms with Crippen LogP contribution in [-0.2, 0) is 21.2 Å². The highest BCUT2D eigenvalue weighted by Crippen LogP contribution is 2.38. The molecule has 0 radical (unpaired) electrons. The minimum atomic E-state index is -3.35. The van der Waals surface area contributed by atoms with Crippen LogP contribution in [0.4, 0.5) is 0 Å². The van der Waals surface area contributed by atoms with Crippen molar-refractivity contribution < 1.29 is 17.9 Å². The summed E-state index contributed by atoms with van der Waals surface area (Å²) in [5.74, 6) is 0.873. The zero-order chi connectivity index (χ0) is 21.6. The minimum absolute atomic E-state index is 0.137. The van der Waals surface area contributed by atoms with Crippen LogP contribution in [0.3, 0.4) is 0 Å². The molecule has 1 saturated heterocycles. The molecule has 0 atom stereocenters. The SMILES string of the molecule is CN1CCOc2ccccc2CCCCC2(CCN(C(=O)CNS(C)(=O)=O)CC2)C1. The lowest BCUT2D eigenvalue weighted by Crippen LogP contribution is -2.49. The van der Waals surface area contributed by atoms with Gasteiger partial charge in [0.1, 0.15) is 12.4 Å². The maximum Gasteiger partial charge on any atom is 0.237 e. The molecule has 8 heteroatoms. The highest BCUT2D eigenvalue weighted by Gasteiger charge is 2.36. The van der Waals surface area contributed by atoms with Gasteiger partial charge in [-0.3, -0.25) is 4.79 Å². The Morgan fingerprint density at radius 1 is 1.13 bits per heavy atom. The Kier molecular flexibility index (Phi) is 7.76. The highest BCUT2D eigenvalue weighted by molar-refractivity contribution is 7.88. The first-order valence-electron chi connectivity index (χ1n) is 10.9. The number of sulfonamides is 1. The second kappa shape index (κ2) is 10.1. The van der Waals surface area contributed by atoms with Crippen LogP contribution in [0.2, 0.25) is 0 Å². The summed E-state index contributed by atoms with van der Waals surface area (Å²) in [6.45, 7) is 3.78. The maximum absolute atomic E-state index is 12.4. The van der Waals surface area contributed by atoms with Gasteiger partial charge in [0.15, 0.2) is 0 Å². The molecule has 0 aromatic heterocycles. The van der Waals surface area contributed by atoms with Crippen LogP contribution in [0, 0.1) is 5.41 Å². The van der Waals surface area contributed by atoms with E-state index < -0.39 is 10.0 Å². The van der Waals surface area contributed by atoms with Gasteiger partial charge in [-0.15, -0.1) is 0 Å². The number of hydrogen-bond acceptors (Lipinski definition) is 5. The van der Waals surface area contributed by atoms with Crippen molar-refractivity contribution in [2.75, 3.05) is 52.6 Å². The Hall–Kier alpha value is -1.64. The molecule has 1 aromatic carbocycles. The van der Waals surface area contributed by atoms with Crippen LogP contribution in [0.15, 0.2) is 24.3 Å². The number of likely N-dealkylation sites (tertiary alicyclic amines) is 1. The molecule has 0 saturated carbocycles. The third-order valence-electron chi connectivity index (χ3n) is 6.37. The summed E-state index contributed by atoms with van der Waals surface area (Å²) in [5, 5.41) is 0. The average molecular weight is 438 g/mol. The topological polar surface area (TPSA) is 79.0 Å². The number of benzene rings is 1. The first-order valence-corrected chi connectivity index (χ1v) is 12.8. The number of carbonyl (C=O) groups is 1. The number of hydrogen-bond donors (Lipinski definition) is 1. The molecule has 0 unspecified atom stereocenters. The molecule has 0 aliphatic carbocycles. The summed E-state index contributed by atoms with van der Waals surface area (Å²) in [7, 11) is -1.20. The quantitative estimate of drug-likeness (QED) is 0.781. The van der Waals surface area contributed by atoms with Crippen LogP contribution in [-0.4, -0.2) is 76.8 Å². The van der Waals surface area contributed by atoms with Crippen molar-refractivity contribution in [3.8, 4) is 5.75 Å². The van der Waals surface area contributed by atoms with E-state index in [9.17, 15) is 13.2 Å². The molecule has 1 aromatic rings. The van der Waals surface area contributed by atoms with Crippen molar-refractivity contribution in [3.05, 3.63) is 29.8 Å². The van der Waals surface area contributed by atoms with Crippen LogP contribution in [0.25, 0.3) is 0 Å². The van der Waals surface area contributed by atoms with Crippen LogP contribution in [0.5, 0.6) is 5.75 Å².